The summed E-state index contributed by atoms with van der Waals surface area (Å²) in [7, 11) is 1.87. The van der Waals surface area contributed by atoms with E-state index in [1.165, 1.54) is 24.0 Å². The molecule has 0 spiro atoms. The maximum atomic E-state index is 13.7. The van der Waals surface area contributed by atoms with Crippen molar-refractivity contribution in [3.63, 3.8) is 0 Å². The number of benzene rings is 1. The number of anilines is 1. The molecule has 4 aromatic rings. The van der Waals surface area contributed by atoms with Crippen LogP contribution in [0.2, 0.25) is 0 Å². The van der Waals surface area contributed by atoms with Gasteiger partial charge in [-0.1, -0.05) is 12.1 Å². The van der Waals surface area contributed by atoms with Crippen molar-refractivity contribution in [1.82, 2.24) is 19.7 Å². The molecule has 0 saturated heterocycles. The van der Waals surface area contributed by atoms with Gasteiger partial charge >= 0.3 is 0 Å². The molecule has 7 nitrogen and oxygen atoms in total. The largest absolute Gasteiger partial charge is 0.372 e. The van der Waals surface area contributed by atoms with Crippen LogP contribution in [0.5, 0.6) is 0 Å². The fourth-order valence-corrected chi connectivity index (χ4v) is 4.87. The Hall–Kier alpha value is -3.58. The molecule has 4 heterocycles. The number of carbonyl (C=O) groups excluding carboxylic acids is 1. The molecule has 1 aliphatic carbocycles. The minimum Gasteiger partial charge on any atom is -0.372 e. The molecule has 172 valence electrons. The number of ether oxygens (including phenoxy) is 1. The lowest BCUT2D eigenvalue weighted by molar-refractivity contribution is 0.0984. The SMILES string of the molecule is Cc1nn(C)cc1N(Cc1ccc2c3c(c(C)nc2c1)COC3)C(=O)c1ccc(C2CC2)nc1. The number of pyridine rings is 2. The Kier molecular flexibility index (Phi) is 4.95. The summed E-state index contributed by atoms with van der Waals surface area (Å²) >= 11 is 0. The highest BCUT2D eigenvalue weighted by Crippen LogP contribution is 2.39. The van der Waals surface area contributed by atoms with Crippen molar-refractivity contribution in [2.45, 2.75) is 52.4 Å². The number of hydrogen-bond donors (Lipinski definition) is 0. The molecule has 2 aliphatic rings. The first kappa shape index (κ1) is 21.0. The van der Waals surface area contributed by atoms with Crippen LogP contribution in [-0.4, -0.2) is 25.7 Å². The molecule has 0 unspecified atom stereocenters. The molecular weight excluding hydrogens is 426 g/mol. The van der Waals surface area contributed by atoms with Crippen LogP contribution in [0.4, 0.5) is 5.69 Å². The van der Waals surface area contributed by atoms with E-state index in [1.54, 1.807) is 15.8 Å². The fraction of sp³-hybridized carbons (Fsp3) is 0.333. The Bertz CT molecular complexity index is 1420. The number of hydrogen-bond acceptors (Lipinski definition) is 5. The van der Waals surface area contributed by atoms with E-state index >= 15 is 0 Å². The standard InChI is InChI=1S/C27H27N5O2/c1-16-22-14-34-15-23(22)21-8-4-18(10-25(21)29-16)12-32(26-13-31(3)30-17(26)2)27(33)20-7-9-24(28-11-20)19-5-6-19/h4,7-11,13,19H,5-6,12,14-15H2,1-3H3. The maximum Gasteiger partial charge on any atom is 0.260 e. The summed E-state index contributed by atoms with van der Waals surface area (Å²) < 4.78 is 7.42. The average molecular weight is 454 g/mol. The summed E-state index contributed by atoms with van der Waals surface area (Å²) in [5.41, 5.74) is 8.65. The number of fused-ring (bicyclic) bond motifs is 3. The van der Waals surface area contributed by atoms with Gasteiger partial charge in [0, 0.05) is 47.7 Å². The first-order chi connectivity index (χ1) is 16.5. The fourth-order valence-electron chi connectivity index (χ4n) is 4.87. The molecule has 1 fully saturated rings. The van der Waals surface area contributed by atoms with Gasteiger partial charge in [-0.15, -0.1) is 0 Å². The van der Waals surface area contributed by atoms with E-state index < -0.39 is 0 Å². The van der Waals surface area contributed by atoms with Gasteiger partial charge in [-0.25, -0.2) is 0 Å². The summed E-state index contributed by atoms with van der Waals surface area (Å²) in [6.07, 6.45) is 5.98. The third kappa shape index (κ3) is 3.66. The van der Waals surface area contributed by atoms with Gasteiger partial charge < -0.3 is 9.64 Å². The van der Waals surface area contributed by atoms with Crippen LogP contribution < -0.4 is 4.90 Å². The van der Waals surface area contributed by atoms with Crippen LogP contribution in [0, 0.1) is 13.8 Å². The van der Waals surface area contributed by atoms with E-state index in [0.29, 0.717) is 31.2 Å². The van der Waals surface area contributed by atoms with Crippen molar-refractivity contribution in [2.75, 3.05) is 4.90 Å². The number of aryl methyl sites for hydroxylation is 3. The molecule has 0 atom stereocenters. The van der Waals surface area contributed by atoms with Gasteiger partial charge in [0.1, 0.15) is 0 Å². The molecule has 3 aromatic heterocycles. The van der Waals surface area contributed by atoms with E-state index in [9.17, 15) is 4.79 Å². The van der Waals surface area contributed by atoms with Crippen molar-refractivity contribution in [3.05, 3.63) is 82.1 Å². The van der Waals surface area contributed by atoms with Gasteiger partial charge in [0.25, 0.3) is 5.91 Å². The molecule has 34 heavy (non-hydrogen) atoms. The third-order valence-electron chi connectivity index (χ3n) is 6.86. The zero-order chi connectivity index (χ0) is 23.4. The summed E-state index contributed by atoms with van der Waals surface area (Å²) in [6.45, 7) is 5.63. The van der Waals surface area contributed by atoms with Crippen LogP contribution in [0.25, 0.3) is 10.9 Å². The number of aromatic nitrogens is 4. The topological polar surface area (TPSA) is 73.1 Å². The van der Waals surface area contributed by atoms with Crippen LogP contribution in [0.15, 0.2) is 42.7 Å². The highest BCUT2D eigenvalue weighted by atomic mass is 16.5. The van der Waals surface area contributed by atoms with Crippen LogP contribution >= 0.6 is 0 Å². The van der Waals surface area contributed by atoms with Gasteiger partial charge in [0.2, 0.25) is 0 Å². The Morgan fingerprint density at radius 2 is 1.94 bits per heavy atom. The van der Waals surface area contributed by atoms with Crippen LogP contribution in [0.3, 0.4) is 0 Å². The van der Waals surface area contributed by atoms with Crippen LogP contribution in [-0.2, 0) is 31.5 Å². The Morgan fingerprint density at radius 1 is 1.12 bits per heavy atom. The minimum atomic E-state index is -0.0856. The first-order valence-corrected chi connectivity index (χ1v) is 11.7. The summed E-state index contributed by atoms with van der Waals surface area (Å²) in [5, 5.41) is 5.60. The van der Waals surface area contributed by atoms with E-state index in [4.69, 9.17) is 9.72 Å². The quantitative estimate of drug-likeness (QED) is 0.437. The monoisotopic (exact) mass is 453 g/mol. The number of amides is 1. The molecule has 1 saturated carbocycles. The normalized spacial score (nSPS) is 15.0. The predicted octanol–water partition coefficient (Wildman–Crippen LogP) is 4.73. The van der Waals surface area contributed by atoms with Gasteiger partial charge in [-0.05, 0) is 56.0 Å². The lowest BCUT2D eigenvalue weighted by Gasteiger charge is -2.22. The van der Waals surface area contributed by atoms with E-state index in [0.717, 1.165) is 39.2 Å². The van der Waals surface area contributed by atoms with Crippen molar-refractivity contribution in [1.29, 1.82) is 0 Å². The average Bonchev–Trinajstić information content (AvgIpc) is 3.46. The van der Waals surface area contributed by atoms with E-state index in [1.807, 2.05) is 39.2 Å². The highest BCUT2D eigenvalue weighted by molar-refractivity contribution is 6.06. The second kappa shape index (κ2) is 8.02. The smallest absolute Gasteiger partial charge is 0.260 e. The van der Waals surface area contributed by atoms with Gasteiger partial charge in [-0.2, -0.15) is 5.10 Å². The van der Waals surface area contributed by atoms with Crippen LogP contribution in [0.1, 0.15) is 62.9 Å². The van der Waals surface area contributed by atoms with E-state index in [-0.39, 0.29) is 5.91 Å². The van der Waals surface area contributed by atoms with E-state index in [2.05, 4.69) is 28.3 Å². The second-order valence-electron chi connectivity index (χ2n) is 9.41. The summed E-state index contributed by atoms with van der Waals surface area (Å²) in [4.78, 5) is 24.9. The highest BCUT2D eigenvalue weighted by Gasteiger charge is 2.27. The number of nitrogens with zero attached hydrogens (tertiary/aromatic N) is 5. The van der Waals surface area contributed by atoms with Crippen molar-refractivity contribution in [2.24, 2.45) is 7.05 Å². The molecule has 1 aromatic carbocycles. The zero-order valence-electron chi connectivity index (χ0n) is 19.7. The van der Waals surface area contributed by atoms with Gasteiger partial charge in [-0.3, -0.25) is 19.4 Å². The van der Waals surface area contributed by atoms with Crippen molar-refractivity contribution < 1.29 is 9.53 Å². The van der Waals surface area contributed by atoms with Crippen molar-refractivity contribution >= 4 is 22.5 Å². The maximum absolute atomic E-state index is 13.7. The Labute approximate surface area is 198 Å². The summed E-state index contributed by atoms with van der Waals surface area (Å²) in [5.74, 6) is 0.471. The molecule has 1 aliphatic heterocycles. The Balaban J connectivity index is 1.37. The zero-order valence-corrected chi connectivity index (χ0v) is 19.7. The molecule has 1 amide bonds. The first-order valence-electron chi connectivity index (χ1n) is 11.7. The molecule has 0 bridgehead atoms. The molecule has 0 N–H and O–H groups in total. The second-order valence-corrected chi connectivity index (χ2v) is 9.41. The third-order valence-corrected chi connectivity index (χ3v) is 6.86. The minimum absolute atomic E-state index is 0.0856. The summed E-state index contributed by atoms with van der Waals surface area (Å²) in [6, 6.07) is 10.2. The van der Waals surface area contributed by atoms with Crippen molar-refractivity contribution in [3.8, 4) is 0 Å². The molecule has 6 rings (SSSR count). The number of carbonyl (C=O) groups is 1. The Morgan fingerprint density at radius 3 is 2.65 bits per heavy atom. The van der Waals surface area contributed by atoms with Gasteiger partial charge in [0.05, 0.1) is 42.2 Å². The number of rotatable bonds is 5. The predicted molar refractivity (Wildman–Crippen MR) is 130 cm³/mol. The molecule has 0 radical (unpaired) electrons. The van der Waals surface area contributed by atoms with Gasteiger partial charge in [0.15, 0.2) is 0 Å². The lowest BCUT2D eigenvalue weighted by atomic mass is 10.0. The lowest BCUT2D eigenvalue weighted by Crippen LogP contribution is -2.31. The molecule has 7 heteroatoms. The molecular formula is C27H27N5O2.